The van der Waals surface area contributed by atoms with E-state index < -0.39 is 0 Å². The zero-order valence-electron chi connectivity index (χ0n) is 22.4. The number of benzene rings is 2. The highest BCUT2D eigenvalue weighted by Gasteiger charge is 2.50. The first-order valence-corrected chi connectivity index (χ1v) is 13.9. The smallest absolute Gasteiger partial charge is 0.123 e. The van der Waals surface area contributed by atoms with Gasteiger partial charge in [0, 0.05) is 22.1 Å². The first kappa shape index (κ1) is 25.4. The predicted octanol–water partition coefficient (Wildman–Crippen LogP) is 6.31. The van der Waals surface area contributed by atoms with Gasteiger partial charge < -0.3 is 10.3 Å². The van der Waals surface area contributed by atoms with Gasteiger partial charge in [-0.3, -0.25) is 9.80 Å². The van der Waals surface area contributed by atoms with Crippen LogP contribution >= 0.6 is 0 Å². The number of aromatic amines is 1. The number of fused-ring (bicyclic) bond motifs is 1. The van der Waals surface area contributed by atoms with Crippen LogP contribution in [0.3, 0.4) is 0 Å². The average molecular weight is 491 g/mol. The van der Waals surface area contributed by atoms with E-state index in [1.807, 2.05) is 6.07 Å². The molecule has 0 atom stereocenters. The van der Waals surface area contributed by atoms with Gasteiger partial charge in [0.1, 0.15) is 5.82 Å². The molecule has 36 heavy (non-hydrogen) atoms. The Morgan fingerprint density at radius 3 is 2.11 bits per heavy atom. The highest BCUT2D eigenvalue weighted by molar-refractivity contribution is 5.85. The molecule has 0 bridgehead atoms. The fourth-order valence-corrected chi connectivity index (χ4v) is 7.08. The van der Waals surface area contributed by atoms with E-state index in [-0.39, 0.29) is 16.9 Å². The van der Waals surface area contributed by atoms with Crippen LogP contribution < -0.4 is 5.32 Å². The molecule has 3 aromatic rings. The Hall–Kier alpha value is -2.21. The quantitative estimate of drug-likeness (QED) is 0.450. The molecular weight excluding hydrogens is 447 g/mol. The maximum absolute atomic E-state index is 14.0. The summed E-state index contributed by atoms with van der Waals surface area (Å²) in [4.78, 5) is 8.91. The van der Waals surface area contributed by atoms with E-state index in [1.165, 1.54) is 55.6 Å². The summed E-state index contributed by atoms with van der Waals surface area (Å²) >= 11 is 0. The first-order valence-electron chi connectivity index (χ1n) is 13.9. The highest BCUT2D eigenvalue weighted by Crippen LogP contribution is 2.52. The summed E-state index contributed by atoms with van der Waals surface area (Å²) in [5.74, 6) is -0.157. The largest absolute Gasteiger partial charge is 0.357 e. The monoisotopic (exact) mass is 490 g/mol. The molecule has 2 aliphatic heterocycles. The summed E-state index contributed by atoms with van der Waals surface area (Å²) in [5.41, 5.74) is 5.08. The summed E-state index contributed by atoms with van der Waals surface area (Å²) in [5, 5.41) is 4.25. The summed E-state index contributed by atoms with van der Waals surface area (Å²) < 4.78 is 14.0. The topological polar surface area (TPSA) is 34.3 Å². The Labute approximate surface area is 216 Å². The van der Waals surface area contributed by atoms with Crippen molar-refractivity contribution in [2.75, 3.05) is 40.3 Å². The number of aromatic nitrogens is 1. The van der Waals surface area contributed by atoms with Crippen LogP contribution in [0, 0.1) is 12.7 Å². The van der Waals surface area contributed by atoms with Crippen molar-refractivity contribution in [1.29, 1.82) is 0 Å². The van der Waals surface area contributed by atoms with Gasteiger partial charge in [0.2, 0.25) is 0 Å². The molecule has 2 saturated heterocycles. The molecule has 0 unspecified atom stereocenters. The van der Waals surface area contributed by atoms with E-state index in [1.54, 1.807) is 12.1 Å². The molecule has 1 aliphatic carbocycles. The third-order valence-corrected chi connectivity index (χ3v) is 9.23. The zero-order chi connectivity index (χ0) is 25.2. The van der Waals surface area contributed by atoms with Crippen molar-refractivity contribution in [2.45, 2.75) is 69.4 Å². The Morgan fingerprint density at radius 1 is 0.861 bits per heavy atom. The van der Waals surface area contributed by atoms with Gasteiger partial charge in [0.05, 0.1) is 5.54 Å². The molecule has 5 heteroatoms. The maximum atomic E-state index is 14.0. The maximum Gasteiger partial charge on any atom is 0.123 e. The molecule has 3 fully saturated rings. The summed E-state index contributed by atoms with van der Waals surface area (Å²) in [7, 11) is 4.46. The van der Waals surface area contributed by atoms with Gasteiger partial charge in [0.15, 0.2) is 0 Å². The lowest BCUT2D eigenvalue weighted by Gasteiger charge is -2.53. The van der Waals surface area contributed by atoms with Crippen molar-refractivity contribution < 1.29 is 4.39 Å². The molecule has 0 radical (unpaired) electrons. The molecule has 194 valence electrons. The molecule has 6 rings (SSSR count). The van der Waals surface area contributed by atoms with Gasteiger partial charge in [-0.25, -0.2) is 4.39 Å². The number of nitrogens with zero attached hydrogens (tertiary/aromatic N) is 2. The van der Waals surface area contributed by atoms with Gasteiger partial charge in [-0.05, 0) is 128 Å². The second-order valence-corrected chi connectivity index (χ2v) is 11.3. The number of likely N-dealkylation sites (tertiary alicyclic amines) is 1. The zero-order valence-corrected chi connectivity index (χ0v) is 22.4. The molecule has 1 aromatic heterocycles. The normalized spacial score (nSPS) is 26.9. The first-order chi connectivity index (χ1) is 17.5. The SMILES string of the molecule is C1CCNC1.Cc1c(C2(N3CCCC3)CCC(c3ccccc3)(N(C)C)CC2)[nH]c2ccc(F)cc12. The van der Waals surface area contributed by atoms with Crippen LogP contribution in [0.1, 0.15) is 68.2 Å². The van der Waals surface area contributed by atoms with Crippen molar-refractivity contribution in [3.05, 3.63) is 71.2 Å². The number of aryl methyl sites for hydroxylation is 1. The third kappa shape index (κ3) is 4.62. The minimum absolute atomic E-state index is 0.00434. The fourth-order valence-electron chi connectivity index (χ4n) is 7.08. The Bertz CT molecular complexity index is 1130. The van der Waals surface area contributed by atoms with Gasteiger partial charge in [-0.2, -0.15) is 0 Å². The van der Waals surface area contributed by atoms with Crippen molar-refractivity contribution >= 4 is 10.9 Å². The minimum atomic E-state index is -0.157. The van der Waals surface area contributed by atoms with E-state index >= 15 is 0 Å². The lowest BCUT2D eigenvalue weighted by atomic mass is 9.66. The van der Waals surface area contributed by atoms with E-state index in [0.717, 1.165) is 49.7 Å². The molecule has 0 spiro atoms. The van der Waals surface area contributed by atoms with Gasteiger partial charge in [-0.1, -0.05) is 30.3 Å². The minimum Gasteiger partial charge on any atom is -0.357 e. The van der Waals surface area contributed by atoms with Gasteiger partial charge >= 0.3 is 0 Å². The standard InChI is InChI=1S/C27H34FN3.C4H9N/c1-20-23-19-22(28)11-12-24(23)29-25(20)27(31-17-7-8-18-31)15-13-26(14-16-27,30(2)3)21-9-5-4-6-10-21;1-2-4-5-3-1/h4-6,9-12,19,29H,7-8,13-18H2,1-3H3;5H,1-4H2. The van der Waals surface area contributed by atoms with Crippen molar-refractivity contribution in [1.82, 2.24) is 20.1 Å². The Balaban J connectivity index is 0.000000477. The number of halogens is 1. The number of hydrogen-bond donors (Lipinski definition) is 2. The Kier molecular flexibility index (Phi) is 7.52. The predicted molar refractivity (Wildman–Crippen MR) is 148 cm³/mol. The van der Waals surface area contributed by atoms with E-state index in [0.29, 0.717) is 0 Å². The molecule has 4 nitrogen and oxygen atoms in total. The van der Waals surface area contributed by atoms with Crippen molar-refractivity contribution in [2.24, 2.45) is 0 Å². The highest BCUT2D eigenvalue weighted by atomic mass is 19.1. The van der Waals surface area contributed by atoms with Crippen LogP contribution in [0.15, 0.2) is 48.5 Å². The van der Waals surface area contributed by atoms with Crippen LogP contribution in [-0.4, -0.2) is 55.1 Å². The molecule has 2 N–H and O–H groups in total. The van der Waals surface area contributed by atoms with Crippen molar-refractivity contribution in [3.8, 4) is 0 Å². The molecule has 0 amide bonds. The summed E-state index contributed by atoms with van der Waals surface area (Å²) in [6, 6.07) is 16.2. The van der Waals surface area contributed by atoms with Crippen LogP contribution in [0.5, 0.6) is 0 Å². The summed E-state index contributed by atoms with van der Waals surface area (Å²) in [6.07, 6.45) is 9.76. The molecule has 3 aliphatic rings. The van der Waals surface area contributed by atoms with Crippen LogP contribution in [-0.2, 0) is 11.1 Å². The number of rotatable bonds is 4. The fraction of sp³-hybridized carbons (Fsp3) is 0.548. The third-order valence-electron chi connectivity index (χ3n) is 9.23. The lowest BCUT2D eigenvalue weighted by Crippen LogP contribution is -2.54. The van der Waals surface area contributed by atoms with Gasteiger partial charge in [-0.15, -0.1) is 0 Å². The second-order valence-electron chi connectivity index (χ2n) is 11.3. The van der Waals surface area contributed by atoms with E-state index in [4.69, 9.17) is 0 Å². The number of nitrogens with one attached hydrogen (secondary N) is 2. The summed E-state index contributed by atoms with van der Waals surface area (Å²) in [6.45, 7) is 6.99. The molecule has 3 heterocycles. The van der Waals surface area contributed by atoms with Crippen LogP contribution in [0.4, 0.5) is 4.39 Å². The van der Waals surface area contributed by atoms with Crippen molar-refractivity contribution in [3.63, 3.8) is 0 Å². The van der Waals surface area contributed by atoms with E-state index in [2.05, 4.69) is 71.5 Å². The Morgan fingerprint density at radius 2 is 1.53 bits per heavy atom. The van der Waals surface area contributed by atoms with Crippen LogP contribution in [0.2, 0.25) is 0 Å². The van der Waals surface area contributed by atoms with E-state index in [9.17, 15) is 4.39 Å². The number of hydrogen-bond acceptors (Lipinski definition) is 3. The lowest BCUT2D eigenvalue weighted by molar-refractivity contribution is -0.00609. The average Bonchev–Trinajstić information content (AvgIpc) is 3.69. The number of H-pyrrole nitrogens is 1. The second kappa shape index (κ2) is 10.6. The molecule has 2 aromatic carbocycles. The van der Waals surface area contributed by atoms with Crippen LogP contribution in [0.25, 0.3) is 10.9 Å². The molecular formula is C31H43FN4. The van der Waals surface area contributed by atoms with Gasteiger partial charge in [0.25, 0.3) is 0 Å². The molecule has 1 saturated carbocycles.